The molecule has 27 heavy (non-hydrogen) atoms. The molecule has 1 aliphatic heterocycles. The van der Waals surface area contributed by atoms with Gasteiger partial charge in [0.2, 0.25) is 0 Å². The number of hydrogen-bond donors (Lipinski definition) is 2. The number of carboxylic acids is 1. The Bertz CT molecular complexity index is 782. The van der Waals surface area contributed by atoms with Gasteiger partial charge in [0.1, 0.15) is 5.82 Å². The van der Waals surface area contributed by atoms with Crippen molar-refractivity contribution in [1.82, 2.24) is 20.1 Å². The lowest BCUT2D eigenvalue weighted by Gasteiger charge is -2.31. The molecule has 2 heterocycles. The van der Waals surface area contributed by atoms with Gasteiger partial charge in [0.25, 0.3) is 0 Å². The van der Waals surface area contributed by atoms with Crippen LogP contribution in [0, 0.1) is 0 Å². The Labute approximate surface area is 160 Å². The number of carbonyl (C=O) groups is 1. The third-order valence-corrected chi connectivity index (χ3v) is 5.96. The van der Waals surface area contributed by atoms with Crippen molar-refractivity contribution in [3.8, 4) is 0 Å². The Kier molecular flexibility index (Phi) is 5.53. The molecule has 4 rings (SSSR count). The lowest BCUT2D eigenvalue weighted by atomic mass is 9.89. The van der Waals surface area contributed by atoms with E-state index in [4.69, 9.17) is 4.98 Å². The number of aromatic nitrogens is 3. The highest BCUT2D eigenvalue weighted by Gasteiger charge is 2.26. The fraction of sp³-hybridized carbons (Fsp3) is 0.571. The summed E-state index contributed by atoms with van der Waals surface area (Å²) in [6.07, 6.45) is 8.64. The minimum atomic E-state index is -0.871. The molecular weight excluding hydrogens is 340 g/mol. The Balaban J connectivity index is 1.40. The van der Waals surface area contributed by atoms with Gasteiger partial charge in [0, 0.05) is 24.9 Å². The zero-order valence-corrected chi connectivity index (χ0v) is 15.7. The van der Waals surface area contributed by atoms with Crippen molar-refractivity contribution < 1.29 is 9.90 Å². The highest BCUT2D eigenvalue weighted by Crippen LogP contribution is 2.32. The summed E-state index contributed by atoms with van der Waals surface area (Å²) < 4.78 is 0. The molecule has 1 aromatic carbocycles. The number of hydrogen-bond acceptors (Lipinski definition) is 4. The van der Waals surface area contributed by atoms with E-state index in [-0.39, 0.29) is 0 Å². The summed E-state index contributed by atoms with van der Waals surface area (Å²) in [6.45, 7) is 2.74. The first-order chi connectivity index (χ1) is 13.2. The molecule has 1 aromatic heterocycles. The van der Waals surface area contributed by atoms with Gasteiger partial charge in [-0.25, -0.2) is 9.78 Å². The Morgan fingerprint density at radius 1 is 1.15 bits per heavy atom. The minimum absolute atomic E-state index is 0.354. The van der Waals surface area contributed by atoms with E-state index in [1.165, 1.54) is 32.1 Å². The molecule has 0 bridgehead atoms. The van der Waals surface area contributed by atoms with E-state index in [0.717, 1.165) is 49.7 Å². The molecule has 2 N–H and O–H groups in total. The number of carboxylic acid groups (broad SMARTS) is 1. The predicted octanol–water partition coefficient (Wildman–Crippen LogP) is 3.93. The summed E-state index contributed by atoms with van der Waals surface area (Å²) in [5, 5.41) is 16.9. The molecule has 2 fully saturated rings. The highest BCUT2D eigenvalue weighted by molar-refractivity contribution is 5.87. The molecule has 144 valence electrons. The van der Waals surface area contributed by atoms with Gasteiger partial charge in [0.15, 0.2) is 5.82 Å². The minimum Gasteiger partial charge on any atom is -0.478 e. The average Bonchev–Trinajstić information content (AvgIpc) is 3.19. The van der Waals surface area contributed by atoms with Crippen molar-refractivity contribution in [1.29, 1.82) is 0 Å². The number of aromatic carboxylic acids is 1. The van der Waals surface area contributed by atoms with Crippen LogP contribution in [0.5, 0.6) is 0 Å². The average molecular weight is 368 g/mol. The van der Waals surface area contributed by atoms with Crippen LogP contribution in [-0.4, -0.2) is 44.2 Å². The van der Waals surface area contributed by atoms with Crippen LogP contribution in [0.25, 0.3) is 0 Å². The second-order valence-electron chi connectivity index (χ2n) is 7.99. The first-order valence-electron chi connectivity index (χ1n) is 10.2. The van der Waals surface area contributed by atoms with Crippen LogP contribution in [0.1, 0.15) is 84.4 Å². The lowest BCUT2D eigenvalue weighted by Crippen LogP contribution is -2.34. The second-order valence-corrected chi connectivity index (χ2v) is 7.99. The van der Waals surface area contributed by atoms with Crippen LogP contribution in [-0.2, 0) is 6.54 Å². The van der Waals surface area contributed by atoms with Crippen LogP contribution in [0.15, 0.2) is 24.3 Å². The maximum absolute atomic E-state index is 11.2. The Hall–Kier alpha value is -2.21. The van der Waals surface area contributed by atoms with Crippen molar-refractivity contribution in [2.45, 2.75) is 63.3 Å². The molecule has 1 atom stereocenters. The summed E-state index contributed by atoms with van der Waals surface area (Å²) in [5.41, 5.74) is 1.40. The molecule has 6 heteroatoms. The molecule has 6 nitrogen and oxygen atoms in total. The molecule has 2 aliphatic rings. The fourth-order valence-corrected chi connectivity index (χ4v) is 4.50. The fourth-order valence-electron chi connectivity index (χ4n) is 4.50. The van der Waals surface area contributed by atoms with E-state index in [9.17, 15) is 9.90 Å². The molecule has 1 aliphatic carbocycles. The van der Waals surface area contributed by atoms with Gasteiger partial charge in [-0.05, 0) is 49.9 Å². The third kappa shape index (κ3) is 4.38. The molecule has 2 aromatic rings. The number of aromatic amines is 1. The van der Waals surface area contributed by atoms with Crippen LogP contribution in [0.3, 0.4) is 0 Å². The monoisotopic (exact) mass is 368 g/mol. The quantitative estimate of drug-likeness (QED) is 0.835. The van der Waals surface area contributed by atoms with Crippen molar-refractivity contribution in [3.05, 3.63) is 47.0 Å². The van der Waals surface area contributed by atoms with Crippen LogP contribution >= 0.6 is 0 Å². The highest BCUT2D eigenvalue weighted by atomic mass is 16.4. The molecular formula is C21H28N4O2. The smallest absolute Gasteiger partial charge is 0.335 e. The predicted molar refractivity (Wildman–Crippen MR) is 103 cm³/mol. The Morgan fingerprint density at radius 3 is 2.78 bits per heavy atom. The molecule has 1 unspecified atom stereocenters. The van der Waals surface area contributed by atoms with Crippen LogP contribution in [0.4, 0.5) is 0 Å². The van der Waals surface area contributed by atoms with E-state index in [1.54, 1.807) is 12.1 Å². The van der Waals surface area contributed by atoms with E-state index in [1.807, 2.05) is 12.1 Å². The SMILES string of the molecule is O=C(O)c1cccc(CN2CCCC(c3n[nH]c(C4CCCCC4)n3)C2)c1. The van der Waals surface area contributed by atoms with Crippen LogP contribution in [0.2, 0.25) is 0 Å². The van der Waals surface area contributed by atoms with Gasteiger partial charge >= 0.3 is 5.97 Å². The van der Waals surface area contributed by atoms with E-state index in [2.05, 4.69) is 15.1 Å². The summed E-state index contributed by atoms with van der Waals surface area (Å²) in [5.74, 6) is 2.08. The Morgan fingerprint density at radius 2 is 1.96 bits per heavy atom. The largest absolute Gasteiger partial charge is 0.478 e. The normalized spacial score (nSPS) is 22.0. The standard InChI is InChI=1S/C21H28N4O2/c26-21(27)17-9-4-6-15(12-17)13-25-11-5-10-18(14-25)20-22-19(23-24-20)16-7-2-1-3-8-16/h4,6,9,12,16,18H,1-3,5,7-8,10-11,13-14H2,(H,26,27)(H,22,23,24). The first-order valence-corrected chi connectivity index (χ1v) is 10.2. The van der Waals surface area contributed by atoms with E-state index >= 15 is 0 Å². The summed E-state index contributed by atoms with van der Waals surface area (Å²) in [7, 11) is 0. The molecule has 1 saturated heterocycles. The third-order valence-electron chi connectivity index (χ3n) is 5.96. The van der Waals surface area contributed by atoms with Gasteiger partial charge in [-0.1, -0.05) is 31.4 Å². The number of likely N-dealkylation sites (tertiary alicyclic amines) is 1. The van der Waals surface area contributed by atoms with Gasteiger partial charge in [0.05, 0.1) is 5.56 Å². The second kappa shape index (κ2) is 8.21. The van der Waals surface area contributed by atoms with E-state index in [0.29, 0.717) is 17.4 Å². The van der Waals surface area contributed by atoms with Gasteiger partial charge in [-0.15, -0.1) is 0 Å². The number of rotatable bonds is 5. The van der Waals surface area contributed by atoms with E-state index < -0.39 is 5.97 Å². The number of nitrogens with zero attached hydrogens (tertiary/aromatic N) is 3. The molecule has 0 amide bonds. The number of nitrogens with one attached hydrogen (secondary N) is 1. The van der Waals surface area contributed by atoms with Crippen LogP contribution < -0.4 is 0 Å². The lowest BCUT2D eigenvalue weighted by molar-refractivity contribution is 0.0696. The summed E-state index contributed by atoms with van der Waals surface area (Å²) >= 11 is 0. The molecule has 0 spiro atoms. The van der Waals surface area contributed by atoms with Gasteiger partial charge in [-0.3, -0.25) is 10.00 Å². The van der Waals surface area contributed by atoms with Crippen molar-refractivity contribution >= 4 is 5.97 Å². The molecule has 1 saturated carbocycles. The zero-order chi connectivity index (χ0) is 18.6. The number of benzene rings is 1. The van der Waals surface area contributed by atoms with Crippen molar-refractivity contribution in [2.75, 3.05) is 13.1 Å². The summed E-state index contributed by atoms with van der Waals surface area (Å²) in [6, 6.07) is 7.25. The number of piperidine rings is 1. The van der Waals surface area contributed by atoms with Crippen molar-refractivity contribution in [2.24, 2.45) is 0 Å². The summed E-state index contributed by atoms with van der Waals surface area (Å²) in [4.78, 5) is 18.4. The topological polar surface area (TPSA) is 82.1 Å². The number of H-pyrrole nitrogens is 1. The molecule has 0 radical (unpaired) electrons. The first kappa shape index (κ1) is 18.2. The maximum atomic E-state index is 11.2. The van der Waals surface area contributed by atoms with Gasteiger partial charge in [-0.2, -0.15) is 5.10 Å². The van der Waals surface area contributed by atoms with Crippen molar-refractivity contribution in [3.63, 3.8) is 0 Å². The maximum Gasteiger partial charge on any atom is 0.335 e. The zero-order valence-electron chi connectivity index (χ0n) is 15.7. The van der Waals surface area contributed by atoms with Gasteiger partial charge < -0.3 is 5.11 Å².